The summed E-state index contributed by atoms with van der Waals surface area (Å²) in [6.45, 7) is 9.34. The molecule has 0 aromatic heterocycles. The summed E-state index contributed by atoms with van der Waals surface area (Å²) >= 11 is 0. The van der Waals surface area contributed by atoms with Crippen molar-refractivity contribution in [3.63, 3.8) is 0 Å². The van der Waals surface area contributed by atoms with Crippen LogP contribution in [0.2, 0.25) is 39.3 Å². The van der Waals surface area contributed by atoms with E-state index in [0.717, 1.165) is 0 Å². The Labute approximate surface area is 407 Å². The van der Waals surface area contributed by atoms with E-state index in [0.29, 0.717) is 0 Å². The Bertz CT molecular complexity index is 2620. The first-order chi connectivity index (χ1) is 29.9. The van der Waals surface area contributed by atoms with Gasteiger partial charge in [0, 0.05) is 0 Å². The third kappa shape index (κ3) is 18.3. The van der Waals surface area contributed by atoms with E-state index in [-0.39, 0.29) is 0 Å². The fraction of sp³-hybridized carbons (Fsp3) is 1.00. The van der Waals surface area contributed by atoms with Crippen LogP contribution in [0.15, 0.2) is 0 Å². The maximum absolute atomic E-state index is 12.8. The maximum Gasteiger partial charge on any atom is 0.381 e. The predicted molar refractivity (Wildman–Crippen MR) is 237 cm³/mol. The van der Waals surface area contributed by atoms with Gasteiger partial charge < -0.3 is 129 Å². The Morgan fingerprint density at radius 1 is 0.273 bits per heavy atom. The van der Waals surface area contributed by atoms with E-state index in [1.807, 2.05) is 0 Å². The summed E-state index contributed by atoms with van der Waals surface area (Å²) in [5, 5.41) is 0. The molecule has 0 aliphatic heterocycles. The van der Waals surface area contributed by atoms with Crippen molar-refractivity contribution in [2.45, 2.75) is 39.3 Å². The molecule has 29 nitrogen and oxygen atoms in total. The minimum atomic E-state index is -4.65. The van der Waals surface area contributed by atoms with Gasteiger partial charge in [-0.05, 0) is 39.3 Å². The molecule has 0 fully saturated rings. The molecule has 0 N–H and O–H groups in total. The molecule has 0 rings (SSSR count). The molecule has 342 valence electrons. The lowest BCUT2D eigenvalue weighted by Crippen LogP contribution is -2.58. The standard InChI is InChI=1S/C6H20O29Si31/c1-37(2)34-36-39(7)40(8)41(9)42(10)43(11)44(12)45(13)46(14)47(15)48(16)49(17)50(18)51(19)52(20)53(21)54(22)55(23)56(24)57(25)58(26)59(27)60(28)61(29)62(30)63(31)64(32)65(33)66(5,6)35-38(3)4/h37-38H,1-6H3. The van der Waals surface area contributed by atoms with Crippen LogP contribution >= 0.6 is 0 Å². The zero-order chi connectivity index (χ0) is 52.4. The molecule has 0 unspecified atom stereocenters. The average Bonchev–Trinajstić information content (AvgIpc) is 3.28. The molecule has 0 amide bonds. The molecule has 0 saturated carbocycles. The first kappa shape index (κ1) is 67.2. The van der Waals surface area contributed by atoms with Crippen LogP contribution in [-0.2, 0) is 129 Å². The molecule has 66 heavy (non-hydrogen) atoms. The highest BCUT2D eigenvalue weighted by Gasteiger charge is 2.58. The monoisotopic (exact) mass is 1420 g/mol. The van der Waals surface area contributed by atoms with Gasteiger partial charge in [0.25, 0.3) is 9.28 Å². The topological polar surface area (TPSA) is 479 Å². The van der Waals surface area contributed by atoms with Crippen molar-refractivity contribution in [2.75, 3.05) is 0 Å². The second kappa shape index (κ2) is 29.8. The minimum absolute atomic E-state index is 0.894. The molecule has 60 heteroatoms. The van der Waals surface area contributed by atoms with Gasteiger partial charge in [0.2, 0.25) is 7.83 Å². The Balaban J connectivity index is 5.87. The minimum Gasteiger partial charge on any atom is -0.456 e. The number of rotatable bonds is 32. The van der Waals surface area contributed by atoms with Crippen molar-refractivity contribution >= 4 is 244 Å². The highest BCUT2D eigenvalue weighted by atomic mass is 30.1. The van der Waals surface area contributed by atoms with Gasteiger partial charge >= 0.3 is 208 Å². The second-order valence-electron chi connectivity index (χ2n) is 12.8. The average molecular weight is 1430 g/mol. The Hall–Kier alpha value is 1.24. The summed E-state index contributed by atoms with van der Waals surface area (Å²) in [5.74, 6) is 0. The second-order valence-corrected chi connectivity index (χ2v) is 158. The van der Waals surface area contributed by atoms with E-state index in [2.05, 4.69) is 0 Å². The first-order valence-electron chi connectivity index (χ1n) is 16.7. The summed E-state index contributed by atoms with van der Waals surface area (Å²) in [7, 11) is -125. The molecule has 0 atom stereocenters. The maximum atomic E-state index is 12.8. The zero-order valence-electron chi connectivity index (χ0n) is 33.5. The summed E-state index contributed by atoms with van der Waals surface area (Å²) < 4.78 is 352. The van der Waals surface area contributed by atoms with Crippen molar-refractivity contribution in [3.05, 3.63) is 0 Å². The van der Waals surface area contributed by atoms with Gasteiger partial charge in [-0.15, -0.1) is 0 Å². The van der Waals surface area contributed by atoms with E-state index in [4.69, 9.17) is 8.23 Å². The molecular formula is C6H20O29Si31. The van der Waals surface area contributed by atoms with Crippen LogP contribution in [0.5, 0.6) is 0 Å². The fourth-order valence-corrected chi connectivity index (χ4v) is 342. The highest BCUT2D eigenvalue weighted by Crippen LogP contribution is 2.07. The van der Waals surface area contributed by atoms with Gasteiger partial charge in [-0.1, -0.05) is 0 Å². The van der Waals surface area contributed by atoms with Crippen LogP contribution in [0, 0.1) is 0 Å². The molecule has 0 heterocycles. The molecular weight excluding hydrogens is 1410 g/mol. The van der Waals surface area contributed by atoms with Gasteiger partial charge in [-0.25, -0.2) is 0 Å². The van der Waals surface area contributed by atoms with Crippen LogP contribution in [0.3, 0.4) is 0 Å². The molecule has 0 aromatic carbocycles. The Morgan fingerprint density at radius 3 is 0.606 bits per heavy atom. The molecule has 0 saturated heterocycles. The summed E-state index contributed by atoms with van der Waals surface area (Å²) in [4.78, 5) is 0. The summed E-state index contributed by atoms with van der Waals surface area (Å²) in [5.41, 5.74) is 0. The molecule has 0 bridgehead atoms. The SMILES string of the molecule is C[SiH](C)O[Si][Si](=O)[Si](=O)[Si](=O)[Si](=O)[Si](=O)[Si](=O)[Si](=O)[Si](=O)[Si](=O)[Si](=O)[Si](=O)[Si](=O)[Si](=O)[Si](=O)[Si](=O)[Si](=O)[Si](=O)[Si](=O)[Si](=O)[Si](=O)[Si](=O)[Si](=O)[Si](=O)[Si](=O)[Si](=O)[Si](=O)[Si](=O)[Si](C)(C)O[SiH](C)C. The van der Waals surface area contributed by atoms with Crippen molar-refractivity contribution in [3.8, 4) is 0 Å². The summed E-state index contributed by atoms with van der Waals surface area (Å²) in [6.07, 6.45) is 0. The van der Waals surface area contributed by atoms with Crippen LogP contribution in [0.25, 0.3) is 0 Å². The van der Waals surface area contributed by atoms with Gasteiger partial charge in [0.1, 0.15) is 0 Å². The molecule has 0 aromatic rings. The van der Waals surface area contributed by atoms with Crippen LogP contribution < -0.4 is 0 Å². The molecule has 0 aliphatic carbocycles. The van der Waals surface area contributed by atoms with Crippen molar-refractivity contribution in [2.24, 2.45) is 0 Å². The zero-order valence-corrected chi connectivity index (χ0v) is 64.8. The lowest BCUT2D eigenvalue weighted by molar-refractivity contribution is 0.531. The third-order valence-electron chi connectivity index (χ3n) is 6.83. The lowest BCUT2D eigenvalue weighted by Gasteiger charge is -2.21. The van der Waals surface area contributed by atoms with E-state index >= 15 is 0 Å². The predicted octanol–water partition coefficient (Wildman–Crippen LogP) is -12.2. The van der Waals surface area contributed by atoms with E-state index in [1.54, 1.807) is 26.2 Å². The third-order valence-corrected chi connectivity index (χ3v) is 235. The first-order valence-corrected chi connectivity index (χ1v) is 92.1. The van der Waals surface area contributed by atoms with E-state index in [9.17, 15) is 120 Å². The van der Waals surface area contributed by atoms with Gasteiger partial charge in [0.05, 0.1) is 0 Å². The summed E-state index contributed by atoms with van der Waals surface area (Å²) in [6, 6.07) is 0. The molecule has 2 radical (unpaired) electrons. The normalized spacial score (nSPS) is 10.5. The lowest BCUT2D eigenvalue weighted by atomic mass is 11.9. The van der Waals surface area contributed by atoms with Gasteiger partial charge in [0.15, 0.2) is 18.1 Å². The quantitative estimate of drug-likeness (QED) is 0.0564. The van der Waals surface area contributed by atoms with E-state index < -0.39 is 244 Å². The van der Waals surface area contributed by atoms with Crippen molar-refractivity contribution in [1.29, 1.82) is 0 Å². The smallest absolute Gasteiger partial charge is 0.381 e. The van der Waals surface area contributed by atoms with Gasteiger partial charge in [-0.2, -0.15) is 0 Å². The van der Waals surface area contributed by atoms with Gasteiger partial charge in [-0.3, -0.25) is 0 Å². The Kier molecular flexibility index (Phi) is 30.4. The van der Waals surface area contributed by atoms with E-state index in [1.165, 1.54) is 13.1 Å². The van der Waals surface area contributed by atoms with Crippen LogP contribution in [-0.4, -0.2) is 244 Å². The number of hydrogen-bond donors (Lipinski definition) is 0. The van der Waals surface area contributed by atoms with Crippen LogP contribution in [0.1, 0.15) is 0 Å². The number of hydrogen-bond acceptors (Lipinski definition) is 29. The fourth-order valence-electron chi connectivity index (χ4n) is 3.71. The van der Waals surface area contributed by atoms with Crippen molar-refractivity contribution < 1.29 is 129 Å². The highest BCUT2D eigenvalue weighted by molar-refractivity contribution is 7.84. The van der Waals surface area contributed by atoms with Crippen molar-refractivity contribution in [1.82, 2.24) is 0 Å². The molecule has 0 aliphatic rings. The van der Waals surface area contributed by atoms with Crippen LogP contribution in [0.4, 0.5) is 0 Å². The largest absolute Gasteiger partial charge is 0.456 e. The Morgan fingerprint density at radius 2 is 0.439 bits per heavy atom. The molecule has 0 spiro atoms.